The third kappa shape index (κ3) is 3.28. The van der Waals surface area contributed by atoms with Crippen LogP contribution in [0.15, 0.2) is 16.7 Å². The van der Waals surface area contributed by atoms with E-state index in [2.05, 4.69) is 26.1 Å². The average molecular weight is 246 g/mol. The Morgan fingerprint density at radius 1 is 1.46 bits per heavy atom. The molecule has 0 N–H and O–H groups in total. The van der Waals surface area contributed by atoms with Gasteiger partial charge in [0.1, 0.15) is 4.60 Å². The molecule has 72 valence electrons. The number of hydrogen-bond donors (Lipinski definition) is 0. The first-order valence-electron chi connectivity index (χ1n) is 3.93. The third-order valence-corrected chi connectivity index (χ3v) is 2.06. The molecule has 1 aromatic rings. The number of aromatic nitrogens is 2. The highest BCUT2D eigenvalue weighted by Crippen LogP contribution is 2.09. The molecular formula is C8H12BrN3O. The normalized spacial score (nSPS) is 10.1. The molecule has 0 aliphatic heterocycles. The van der Waals surface area contributed by atoms with Crippen molar-refractivity contribution in [3.8, 4) is 0 Å². The van der Waals surface area contributed by atoms with Crippen LogP contribution in [0.2, 0.25) is 0 Å². The van der Waals surface area contributed by atoms with Crippen LogP contribution >= 0.6 is 15.9 Å². The maximum absolute atomic E-state index is 4.96. The number of rotatable bonds is 4. The van der Waals surface area contributed by atoms with E-state index in [-0.39, 0.29) is 0 Å². The standard InChI is InChI=1S/C8H12BrN3O/c1-12(5-6-13-2)8-4-3-7(9)10-11-8/h3-4H,5-6H2,1-2H3. The van der Waals surface area contributed by atoms with Crippen LogP contribution in [0.1, 0.15) is 0 Å². The predicted octanol–water partition coefficient (Wildman–Crippen LogP) is 1.32. The highest BCUT2D eigenvalue weighted by Gasteiger charge is 2.01. The van der Waals surface area contributed by atoms with Crippen molar-refractivity contribution >= 4 is 21.7 Å². The topological polar surface area (TPSA) is 38.2 Å². The van der Waals surface area contributed by atoms with Gasteiger partial charge in [-0.05, 0) is 28.1 Å². The van der Waals surface area contributed by atoms with Crippen molar-refractivity contribution in [1.29, 1.82) is 0 Å². The van der Waals surface area contributed by atoms with Crippen LogP contribution in [0.3, 0.4) is 0 Å². The van der Waals surface area contributed by atoms with Gasteiger partial charge in [0, 0.05) is 20.7 Å². The summed E-state index contributed by atoms with van der Waals surface area (Å²) in [6.07, 6.45) is 0. The van der Waals surface area contributed by atoms with Crippen molar-refractivity contribution in [2.45, 2.75) is 0 Å². The highest BCUT2D eigenvalue weighted by atomic mass is 79.9. The summed E-state index contributed by atoms with van der Waals surface area (Å²) in [4.78, 5) is 1.99. The molecule has 0 saturated heterocycles. The number of halogens is 1. The molecule has 0 saturated carbocycles. The molecule has 5 heteroatoms. The van der Waals surface area contributed by atoms with Gasteiger partial charge in [0.25, 0.3) is 0 Å². The molecule has 0 fully saturated rings. The van der Waals surface area contributed by atoms with Crippen molar-refractivity contribution in [1.82, 2.24) is 10.2 Å². The summed E-state index contributed by atoms with van der Waals surface area (Å²) in [6, 6.07) is 3.78. The zero-order valence-corrected chi connectivity index (χ0v) is 9.28. The Morgan fingerprint density at radius 2 is 2.23 bits per heavy atom. The molecule has 1 aromatic heterocycles. The molecule has 1 heterocycles. The van der Waals surface area contributed by atoms with Gasteiger partial charge in [-0.2, -0.15) is 0 Å². The van der Waals surface area contributed by atoms with Gasteiger partial charge in [0.2, 0.25) is 0 Å². The SMILES string of the molecule is COCCN(C)c1ccc(Br)nn1. The summed E-state index contributed by atoms with van der Waals surface area (Å²) in [5.41, 5.74) is 0. The molecule has 0 aromatic carbocycles. The van der Waals surface area contributed by atoms with E-state index in [1.54, 1.807) is 7.11 Å². The summed E-state index contributed by atoms with van der Waals surface area (Å²) >= 11 is 3.23. The Bertz CT molecular complexity index is 252. The van der Waals surface area contributed by atoms with E-state index in [1.165, 1.54) is 0 Å². The lowest BCUT2D eigenvalue weighted by molar-refractivity contribution is 0.206. The van der Waals surface area contributed by atoms with Crippen LogP contribution in [0, 0.1) is 0 Å². The van der Waals surface area contributed by atoms with E-state index < -0.39 is 0 Å². The second kappa shape index (κ2) is 5.14. The second-order valence-electron chi connectivity index (χ2n) is 2.63. The van der Waals surface area contributed by atoms with Crippen molar-refractivity contribution in [2.75, 3.05) is 32.2 Å². The first-order chi connectivity index (χ1) is 6.24. The Balaban J connectivity index is 2.55. The Kier molecular flexibility index (Phi) is 4.11. The lowest BCUT2D eigenvalue weighted by atomic mass is 10.5. The van der Waals surface area contributed by atoms with Gasteiger partial charge in [-0.3, -0.25) is 0 Å². The van der Waals surface area contributed by atoms with Crippen molar-refractivity contribution in [3.05, 3.63) is 16.7 Å². The smallest absolute Gasteiger partial charge is 0.151 e. The van der Waals surface area contributed by atoms with Gasteiger partial charge in [-0.1, -0.05) is 0 Å². The second-order valence-corrected chi connectivity index (χ2v) is 3.44. The van der Waals surface area contributed by atoms with Crippen LogP contribution in [0.25, 0.3) is 0 Å². The zero-order chi connectivity index (χ0) is 9.68. The largest absolute Gasteiger partial charge is 0.383 e. The van der Waals surface area contributed by atoms with Crippen molar-refractivity contribution in [2.24, 2.45) is 0 Å². The molecule has 0 amide bonds. The first kappa shape index (κ1) is 10.4. The summed E-state index contributed by atoms with van der Waals surface area (Å²) < 4.78 is 5.71. The third-order valence-electron chi connectivity index (χ3n) is 1.64. The van der Waals surface area contributed by atoms with Crippen LogP contribution < -0.4 is 4.90 Å². The van der Waals surface area contributed by atoms with E-state index in [9.17, 15) is 0 Å². The zero-order valence-electron chi connectivity index (χ0n) is 7.70. The minimum Gasteiger partial charge on any atom is -0.383 e. The predicted molar refractivity (Wildman–Crippen MR) is 54.9 cm³/mol. The van der Waals surface area contributed by atoms with E-state index in [0.717, 1.165) is 17.0 Å². The minimum absolute atomic E-state index is 0.689. The van der Waals surface area contributed by atoms with Crippen molar-refractivity contribution in [3.63, 3.8) is 0 Å². The number of ether oxygens (including phenoxy) is 1. The number of likely N-dealkylation sites (N-methyl/N-ethyl adjacent to an activating group) is 1. The van der Waals surface area contributed by atoms with E-state index in [0.29, 0.717) is 6.61 Å². The highest BCUT2D eigenvalue weighted by molar-refractivity contribution is 9.10. The molecule has 0 atom stereocenters. The van der Waals surface area contributed by atoms with Gasteiger partial charge >= 0.3 is 0 Å². The van der Waals surface area contributed by atoms with Crippen LogP contribution in [0.4, 0.5) is 5.82 Å². The summed E-state index contributed by atoms with van der Waals surface area (Å²) in [6.45, 7) is 1.50. The van der Waals surface area contributed by atoms with Crippen LogP contribution in [-0.2, 0) is 4.74 Å². The lowest BCUT2D eigenvalue weighted by Crippen LogP contribution is -2.23. The number of methoxy groups -OCH3 is 1. The van der Waals surface area contributed by atoms with Gasteiger partial charge in [-0.25, -0.2) is 0 Å². The fraction of sp³-hybridized carbons (Fsp3) is 0.500. The molecule has 13 heavy (non-hydrogen) atoms. The fourth-order valence-corrected chi connectivity index (χ4v) is 1.07. The van der Waals surface area contributed by atoms with E-state index in [1.807, 2.05) is 24.1 Å². The summed E-state index contributed by atoms with van der Waals surface area (Å²) in [7, 11) is 3.64. The molecule has 0 aliphatic rings. The Labute approximate surface area is 86.0 Å². The fourth-order valence-electron chi connectivity index (χ4n) is 0.855. The van der Waals surface area contributed by atoms with Crippen LogP contribution in [0.5, 0.6) is 0 Å². The number of anilines is 1. The summed E-state index contributed by atoms with van der Waals surface area (Å²) in [5, 5.41) is 7.90. The monoisotopic (exact) mass is 245 g/mol. The number of nitrogens with zero attached hydrogens (tertiary/aromatic N) is 3. The first-order valence-corrected chi connectivity index (χ1v) is 4.72. The quantitative estimate of drug-likeness (QED) is 0.803. The van der Waals surface area contributed by atoms with Gasteiger partial charge in [0.05, 0.1) is 6.61 Å². The minimum atomic E-state index is 0.689. The molecule has 1 rings (SSSR count). The van der Waals surface area contributed by atoms with Crippen molar-refractivity contribution < 1.29 is 4.74 Å². The molecule has 0 spiro atoms. The van der Waals surface area contributed by atoms with Gasteiger partial charge in [0.15, 0.2) is 5.82 Å². The summed E-state index contributed by atoms with van der Waals surface area (Å²) in [5.74, 6) is 0.847. The van der Waals surface area contributed by atoms with Gasteiger partial charge < -0.3 is 9.64 Å². The van der Waals surface area contributed by atoms with E-state index >= 15 is 0 Å². The number of hydrogen-bond acceptors (Lipinski definition) is 4. The van der Waals surface area contributed by atoms with E-state index in [4.69, 9.17) is 4.74 Å². The maximum atomic E-state index is 4.96. The molecule has 0 aliphatic carbocycles. The van der Waals surface area contributed by atoms with Crippen LogP contribution in [-0.4, -0.2) is 37.5 Å². The Hall–Kier alpha value is -0.680. The molecule has 0 unspecified atom stereocenters. The Morgan fingerprint density at radius 3 is 2.77 bits per heavy atom. The molecular weight excluding hydrogens is 234 g/mol. The molecule has 0 radical (unpaired) electrons. The van der Waals surface area contributed by atoms with Gasteiger partial charge in [-0.15, -0.1) is 10.2 Å². The molecule has 0 bridgehead atoms. The molecule has 4 nitrogen and oxygen atoms in total. The average Bonchev–Trinajstić information content (AvgIpc) is 2.15. The maximum Gasteiger partial charge on any atom is 0.151 e. The lowest BCUT2D eigenvalue weighted by Gasteiger charge is -2.16.